The summed E-state index contributed by atoms with van der Waals surface area (Å²) < 4.78 is 6.50. The second-order valence-corrected chi connectivity index (χ2v) is 10.2. The molecule has 0 radical (unpaired) electrons. The summed E-state index contributed by atoms with van der Waals surface area (Å²) >= 11 is -1.67. The van der Waals surface area contributed by atoms with E-state index in [0.29, 0.717) is 0 Å². The standard InChI is InChI=1S/C14H17O2.ClH.Hg/c1-3-4-10-14(16-12(2)15)11-13-8-6-5-7-9-13;;/h5-9H,3-4,10H2,1-2H3;1H;/q;;+1/p-1. The summed E-state index contributed by atoms with van der Waals surface area (Å²) in [5, 5.41) is 0. The predicted octanol–water partition coefficient (Wildman–Crippen LogP) is 4.34. The van der Waals surface area contributed by atoms with Gasteiger partial charge in [-0.25, -0.2) is 0 Å². The van der Waals surface area contributed by atoms with Crippen LogP contribution in [0.4, 0.5) is 0 Å². The molecule has 0 aromatic heterocycles. The number of ether oxygens (including phenoxy) is 1. The van der Waals surface area contributed by atoms with Crippen LogP contribution in [0.3, 0.4) is 0 Å². The van der Waals surface area contributed by atoms with Gasteiger partial charge in [-0.3, -0.25) is 0 Å². The first-order valence-electron chi connectivity index (χ1n) is 6.20. The fourth-order valence-electron chi connectivity index (χ4n) is 1.73. The maximum atomic E-state index is 11.2. The van der Waals surface area contributed by atoms with E-state index < -0.39 is 23.3 Å². The second-order valence-electron chi connectivity index (χ2n) is 4.10. The van der Waals surface area contributed by atoms with E-state index in [1.165, 1.54) is 6.92 Å². The van der Waals surface area contributed by atoms with Crippen molar-refractivity contribution in [1.82, 2.24) is 0 Å². The molecule has 0 unspecified atom stereocenters. The van der Waals surface area contributed by atoms with Crippen LogP contribution in [-0.2, 0) is 32.9 Å². The molecular formula is C14H17ClHgO2. The monoisotopic (exact) mass is 454 g/mol. The van der Waals surface area contributed by atoms with Crippen LogP contribution in [0.5, 0.6) is 0 Å². The van der Waals surface area contributed by atoms with Crippen LogP contribution in [0, 0.1) is 0 Å². The van der Waals surface area contributed by atoms with Gasteiger partial charge < -0.3 is 0 Å². The normalized spacial score (nSPS) is 11.5. The van der Waals surface area contributed by atoms with Crippen LogP contribution < -0.4 is 0 Å². The molecule has 94 valence electrons. The van der Waals surface area contributed by atoms with Gasteiger partial charge in [0.05, 0.1) is 0 Å². The average Bonchev–Trinajstić information content (AvgIpc) is 2.37. The van der Waals surface area contributed by atoms with Crippen LogP contribution in [0.2, 0.25) is 0 Å². The predicted molar refractivity (Wildman–Crippen MR) is 70.5 cm³/mol. The molecule has 0 aliphatic rings. The molecule has 0 bridgehead atoms. The quantitative estimate of drug-likeness (QED) is 0.364. The van der Waals surface area contributed by atoms with Crippen LogP contribution in [0.1, 0.15) is 38.7 Å². The number of allylic oxidation sites excluding steroid dienone is 1. The Labute approximate surface area is 124 Å². The van der Waals surface area contributed by atoms with Crippen LogP contribution in [0.15, 0.2) is 36.1 Å². The maximum absolute atomic E-state index is 11.2. The molecule has 2 nitrogen and oxygen atoms in total. The van der Waals surface area contributed by atoms with Crippen LogP contribution in [-0.4, -0.2) is 5.97 Å². The first-order valence-corrected chi connectivity index (χ1v) is 15.7. The summed E-state index contributed by atoms with van der Waals surface area (Å²) in [6, 6.07) is 10.0. The van der Waals surface area contributed by atoms with Gasteiger partial charge in [0, 0.05) is 0 Å². The molecule has 18 heavy (non-hydrogen) atoms. The Hall–Kier alpha value is -0.345. The number of hydrogen-bond acceptors (Lipinski definition) is 2. The van der Waals surface area contributed by atoms with Crippen molar-refractivity contribution < 1.29 is 32.9 Å². The van der Waals surface area contributed by atoms with Crippen molar-refractivity contribution >= 4 is 17.3 Å². The molecule has 1 rings (SSSR count). The van der Waals surface area contributed by atoms with Crippen molar-refractivity contribution in [2.75, 3.05) is 0 Å². The van der Waals surface area contributed by atoms with Gasteiger partial charge in [0.1, 0.15) is 0 Å². The third-order valence-corrected chi connectivity index (χ3v) is 9.12. The number of carbonyl (C=O) groups is 1. The van der Waals surface area contributed by atoms with Crippen LogP contribution in [0.25, 0.3) is 3.08 Å². The molecule has 0 N–H and O–H groups in total. The van der Waals surface area contributed by atoms with Crippen molar-refractivity contribution in [3.05, 3.63) is 41.7 Å². The molecule has 0 fully saturated rings. The summed E-state index contributed by atoms with van der Waals surface area (Å²) in [5.41, 5.74) is 1.11. The number of rotatable bonds is 6. The first kappa shape index (κ1) is 15.7. The van der Waals surface area contributed by atoms with Crippen molar-refractivity contribution in [2.24, 2.45) is 0 Å². The Balaban J connectivity index is 3.07. The van der Waals surface area contributed by atoms with E-state index in [-0.39, 0.29) is 5.97 Å². The minimum atomic E-state index is -1.67. The Kier molecular flexibility index (Phi) is 7.60. The summed E-state index contributed by atoms with van der Waals surface area (Å²) in [6.45, 7) is 3.57. The zero-order valence-corrected chi connectivity index (χ0v) is 17.2. The van der Waals surface area contributed by atoms with Crippen molar-refractivity contribution in [3.63, 3.8) is 0 Å². The zero-order valence-electron chi connectivity index (χ0n) is 10.9. The summed E-state index contributed by atoms with van der Waals surface area (Å²) in [6.07, 6.45) is 2.89. The number of hydrogen-bond donors (Lipinski definition) is 0. The van der Waals surface area contributed by atoms with Gasteiger partial charge in [-0.15, -0.1) is 0 Å². The molecule has 0 amide bonds. The van der Waals surface area contributed by atoms with E-state index >= 15 is 0 Å². The molecule has 0 saturated carbocycles. The van der Waals surface area contributed by atoms with Gasteiger partial charge in [0.25, 0.3) is 0 Å². The van der Waals surface area contributed by atoms with Crippen molar-refractivity contribution in [1.29, 1.82) is 0 Å². The molecular weight excluding hydrogens is 436 g/mol. The number of unbranched alkanes of at least 4 members (excludes halogenated alkanes) is 1. The molecule has 0 spiro atoms. The second kappa shape index (κ2) is 8.70. The Morgan fingerprint density at radius 1 is 1.33 bits per heavy atom. The molecule has 0 aliphatic carbocycles. The van der Waals surface area contributed by atoms with Crippen molar-refractivity contribution in [2.45, 2.75) is 33.1 Å². The van der Waals surface area contributed by atoms with E-state index in [4.69, 9.17) is 13.0 Å². The zero-order chi connectivity index (χ0) is 13.4. The van der Waals surface area contributed by atoms with Gasteiger partial charge in [-0.1, -0.05) is 0 Å². The molecule has 0 atom stereocenters. The van der Waals surface area contributed by atoms with E-state index in [1.54, 1.807) is 0 Å². The number of esters is 1. The third kappa shape index (κ3) is 5.11. The fourth-order valence-corrected chi connectivity index (χ4v) is 7.45. The minimum absolute atomic E-state index is 0.256. The Morgan fingerprint density at radius 3 is 2.50 bits per heavy atom. The molecule has 1 aromatic carbocycles. The molecule has 1 aromatic rings. The number of halogens is 1. The Morgan fingerprint density at radius 2 is 2.00 bits per heavy atom. The van der Waals surface area contributed by atoms with Gasteiger partial charge in [-0.2, -0.15) is 0 Å². The Bertz CT molecular complexity index is 415. The topological polar surface area (TPSA) is 26.3 Å². The van der Waals surface area contributed by atoms with Gasteiger partial charge in [-0.05, 0) is 0 Å². The summed E-state index contributed by atoms with van der Waals surface area (Å²) in [5.74, 6) is 0.542. The number of benzene rings is 1. The first-order chi connectivity index (χ1) is 8.69. The summed E-state index contributed by atoms with van der Waals surface area (Å²) in [4.78, 5) is 11.2. The van der Waals surface area contributed by atoms with Gasteiger partial charge in [0.2, 0.25) is 0 Å². The SMILES string of the molecule is CCCC/C(OC(C)=O)=[C](\[Hg][Cl])c1ccccc1. The third-order valence-electron chi connectivity index (χ3n) is 2.62. The molecule has 0 aliphatic heterocycles. The number of carbonyl (C=O) groups excluding carboxylic acids is 1. The molecule has 0 saturated heterocycles. The van der Waals surface area contributed by atoms with E-state index in [1.807, 2.05) is 30.3 Å². The molecule has 0 heterocycles. The average molecular weight is 453 g/mol. The molecule has 4 heteroatoms. The van der Waals surface area contributed by atoms with E-state index in [2.05, 4.69) is 6.92 Å². The van der Waals surface area contributed by atoms with Gasteiger partial charge in [0.15, 0.2) is 0 Å². The van der Waals surface area contributed by atoms with Crippen LogP contribution >= 0.6 is 8.25 Å². The van der Waals surface area contributed by atoms with Gasteiger partial charge >= 0.3 is 125 Å². The summed E-state index contributed by atoms with van der Waals surface area (Å²) in [7, 11) is 6.23. The van der Waals surface area contributed by atoms with Crippen molar-refractivity contribution in [3.8, 4) is 0 Å². The van der Waals surface area contributed by atoms with E-state index in [9.17, 15) is 4.79 Å². The van der Waals surface area contributed by atoms with E-state index in [0.717, 1.165) is 33.7 Å². The fraction of sp³-hybridized carbons (Fsp3) is 0.357.